The summed E-state index contributed by atoms with van der Waals surface area (Å²) in [6.45, 7) is 4.93. The molecule has 0 aliphatic heterocycles. The molecular weight excluding hydrogens is 947 g/mol. The number of hydrogen-bond acceptors (Lipinski definition) is 5. The zero-order valence-electron chi connectivity index (χ0n) is 52.5. The van der Waals surface area contributed by atoms with E-state index >= 15 is 0 Å². The smallest absolute Gasteiger partial charge is 0.305 e. The Morgan fingerprint density at radius 3 is 0.883 bits per heavy atom. The number of unbranched alkanes of at least 4 members (excludes halogenated alkanes) is 56. The van der Waals surface area contributed by atoms with Crippen molar-refractivity contribution in [2.24, 2.45) is 0 Å². The summed E-state index contributed by atoms with van der Waals surface area (Å²) in [5, 5.41) is 23.1. The van der Waals surface area contributed by atoms with Gasteiger partial charge in [-0.1, -0.05) is 373 Å². The van der Waals surface area contributed by atoms with Gasteiger partial charge >= 0.3 is 5.97 Å². The Morgan fingerprint density at radius 1 is 0.351 bits per heavy atom. The highest BCUT2D eigenvalue weighted by atomic mass is 16.5. The molecule has 0 heterocycles. The van der Waals surface area contributed by atoms with Gasteiger partial charge in [0, 0.05) is 12.8 Å². The molecular formula is C71H139NO5. The van der Waals surface area contributed by atoms with E-state index in [1.54, 1.807) is 6.08 Å². The lowest BCUT2D eigenvalue weighted by Crippen LogP contribution is -2.45. The number of carbonyl (C=O) groups is 2. The Hall–Kier alpha value is -1.40. The molecule has 0 rings (SSSR count). The van der Waals surface area contributed by atoms with Crippen LogP contribution in [0.5, 0.6) is 0 Å². The van der Waals surface area contributed by atoms with E-state index in [2.05, 4.69) is 19.2 Å². The number of aliphatic hydroxyl groups excluding tert-OH is 2. The van der Waals surface area contributed by atoms with Gasteiger partial charge in [-0.15, -0.1) is 0 Å². The summed E-state index contributed by atoms with van der Waals surface area (Å²) in [6, 6.07) is -0.621. The third-order valence-electron chi connectivity index (χ3n) is 16.8. The molecule has 2 unspecified atom stereocenters. The number of allylic oxidation sites excluding steroid dienone is 1. The summed E-state index contributed by atoms with van der Waals surface area (Å²) in [4.78, 5) is 24.5. The minimum atomic E-state index is -0.838. The molecule has 0 aliphatic carbocycles. The van der Waals surface area contributed by atoms with Gasteiger partial charge in [-0.25, -0.2) is 0 Å². The fraction of sp³-hybridized carbons (Fsp3) is 0.944. The molecule has 0 saturated carbocycles. The van der Waals surface area contributed by atoms with Crippen LogP contribution in [0, 0.1) is 0 Å². The number of amides is 1. The van der Waals surface area contributed by atoms with Crippen LogP contribution >= 0.6 is 0 Å². The molecule has 0 saturated heterocycles. The van der Waals surface area contributed by atoms with Crippen LogP contribution in [-0.4, -0.2) is 47.4 Å². The Bertz CT molecular complexity index is 1160. The molecule has 0 radical (unpaired) electrons. The van der Waals surface area contributed by atoms with Gasteiger partial charge < -0.3 is 20.3 Å². The average molecular weight is 1090 g/mol. The lowest BCUT2D eigenvalue weighted by Gasteiger charge is -2.20. The van der Waals surface area contributed by atoms with E-state index < -0.39 is 12.1 Å². The average Bonchev–Trinajstić information content (AvgIpc) is 3.43. The minimum absolute atomic E-state index is 0.0254. The summed E-state index contributed by atoms with van der Waals surface area (Å²) >= 11 is 0. The molecule has 0 bridgehead atoms. The Kier molecular flexibility index (Phi) is 65.9. The summed E-state index contributed by atoms with van der Waals surface area (Å²) < 4.78 is 5.50. The van der Waals surface area contributed by atoms with E-state index in [0.29, 0.717) is 19.4 Å². The maximum atomic E-state index is 12.4. The standard InChI is InChI=1S/C71H139NO5/c1-3-5-7-9-11-13-15-16-41-45-49-53-57-61-65-71(76)77-66-62-58-54-50-46-42-39-37-35-33-31-29-27-25-23-21-19-17-18-20-22-24-26-28-30-32-34-36-38-40-44-48-52-56-60-64-70(75)72-68(67-73)69(74)63-59-55-51-47-43-14-12-10-8-6-4-2/h59,63,68-69,73-74H,3-58,60-62,64-67H2,1-2H3,(H,72,75)/b63-59+. The zero-order valence-corrected chi connectivity index (χ0v) is 52.5. The highest BCUT2D eigenvalue weighted by Gasteiger charge is 2.18. The fourth-order valence-electron chi connectivity index (χ4n) is 11.4. The minimum Gasteiger partial charge on any atom is -0.466 e. The topological polar surface area (TPSA) is 95.9 Å². The van der Waals surface area contributed by atoms with Crippen molar-refractivity contribution >= 4 is 11.9 Å². The van der Waals surface area contributed by atoms with Gasteiger partial charge in [-0.05, 0) is 32.1 Å². The first kappa shape index (κ1) is 75.6. The Morgan fingerprint density at radius 2 is 0.597 bits per heavy atom. The zero-order chi connectivity index (χ0) is 55.7. The molecule has 458 valence electrons. The van der Waals surface area contributed by atoms with Crippen LogP contribution in [0.25, 0.3) is 0 Å². The number of carbonyl (C=O) groups excluding carboxylic acids is 2. The van der Waals surface area contributed by atoms with E-state index in [4.69, 9.17) is 4.74 Å². The first-order valence-electron chi connectivity index (χ1n) is 35.5. The summed E-state index contributed by atoms with van der Waals surface area (Å²) in [6.07, 6.45) is 83.2. The first-order valence-corrected chi connectivity index (χ1v) is 35.5. The first-order chi connectivity index (χ1) is 38.0. The van der Waals surface area contributed by atoms with Crippen LogP contribution in [-0.2, 0) is 14.3 Å². The van der Waals surface area contributed by atoms with Gasteiger partial charge in [-0.3, -0.25) is 9.59 Å². The Balaban J connectivity index is 3.28. The van der Waals surface area contributed by atoms with Gasteiger partial charge in [-0.2, -0.15) is 0 Å². The van der Waals surface area contributed by atoms with Gasteiger partial charge in [0.05, 0.1) is 25.4 Å². The monoisotopic (exact) mass is 1090 g/mol. The highest BCUT2D eigenvalue weighted by Crippen LogP contribution is 2.19. The third-order valence-corrected chi connectivity index (χ3v) is 16.8. The molecule has 3 N–H and O–H groups in total. The lowest BCUT2D eigenvalue weighted by molar-refractivity contribution is -0.143. The molecule has 0 aromatic rings. The summed E-state index contributed by atoms with van der Waals surface area (Å²) in [5.41, 5.74) is 0. The second-order valence-corrected chi connectivity index (χ2v) is 24.6. The quantitative estimate of drug-likeness (QED) is 0.0320. The largest absolute Gasteiger partial charge is 0.466 e. The van der Waals surface area contributed by atoms with Crippen molar-refractivity contribution in [2.45, 2.75) is 418 Å². The van der Waals surface area contributed by atoms with E-state index in [0.717, 1.165) is 38.5 Å². The van der Waals surface area contributed by atoms with Crippen LogP contribution in [0.3, 0.4) is 0 Å². The SMILES string of the molecule is CCCCCCCCCCC/C=C/C(O)C(CO)NC(=O)CCCCCCCCCCCCCCCCCCCCCCCCCCCCCCCCCCCCCOC(=O)CCCCCCCCCCCCCCCC. The third kappa shape index (κ3) is 63.6. The Labute approximate surface area is 482 Å². The van der Waals surface area contributed by atoms with Crippen LogP contribution in [0.2, 0.25) is 0 Å². The van der Waals surface area contributed by atoms with Crippen molar-refractivity contribution in [1.29, 1.82) is 0 Å². The van der Waals surface area contributed by atoms with Crippen LogP contribution in [0.15, 0.2) is 12.2 Å². The molecule has 1 amide bonds. The number of ether oxygens (including phenoxy) is 1. The van der Waals surface area contributed by atoms with Crippen LogP contribution < -0.4 is 5.32 Å². The molecule has 0 spiro atoms. The van der Waals surface area contributed by atoms with Crippen LogP contribution in [0.1, 0.15) is 406 Å². The van der Waals surface area contributed by atoms with E-state index in [1.165, 1.54) is 340 Å². The molecule has 0 aliphatic rings. The van der Waals surface area contributed by atoms with Crippen LogP contribution in [0.4, 0.5) is 0 Å². The molecule has 2 atom stereocenters. The maximum Gasteiger partial charge on any atom is 0.305 e. The second-order valence-electron chi connectivity index (χ2n) is 24.6. The molecule has 0 aromatic heterocycles. The van der Waals surface area contributed by atoms with Crippen molar-refractivity contribution in [3.63, 3.8) is 0 Å². The molecule has 77 heavy (non-hydrogen) atoms. The molecule has 6 nitrogen and oxygen atoms in total. The van der Waals surface area contributed by atoms with Crippen molar-refractivity contribution < 1.29 is 24.5 Å². The van der Waals surface area contributed by atoms with Crippen molar-refractivity contribution in [3.8, 4) is 0 Å². The summed E-state index contributed by atoms with van der Waals surface area (Å²) in [7, 11) is 0. The fourth-order valence-corrected chi connectivity index (χ4v) is 11.4. The molecule has 0 fully saturated rings. The second kappa shape index (κ2) is 67.1. The number of aliphatic hydroxyl groups is 2. The lowest BCUT2D eigenvalue weighted by atomic mass is 10.0. The van der Waals surface area contributed by atoms with E-state index in [-0.39, 0.29) is 18.5 Å². The van der Waals surface area contributed by atoms with Gasteiger partial charge in [0.1, 0.15) is 0 Å². The maximum absolute atomic E-state index is 12.4. The summed E-state index contributed by atoms with van der Waals surface area (Å²) in [5.74, 6) is -0.0365. The number of nitrogens with one attached hydrogen (secondary N) is 1. The van der Waals surface area contributed by atoms with Gasteiger partial charge in [0.15, 0.2) is 0 Å². The number of hydrogen-bond donors (Lipinski definition) is 3. The van der Waals surface area contributed by atoms with Gasteiger partial charge in [0.2, 0.25) is 5.91 Å². The molecule has 0 aromatic carbocycles. The van der Waals surface area contributed by atoms with E-state index in [1.807, 2.05) is 6.08 Å². The highest BCUT2D eigenvalue weighted by molar-refractivity contribution is 5.76. The molecule has 6 heteroatoms. The predicted molar refractivity (Wildman–Crippen MR) is 338 cm³/mol. The van der Waals surface area contributed by atoms with Gasteiger partial charge in [0.25, 0.3) is 0 Å². The number of esters is 1. The normalized spacial score (nSPS) is 12.5. The van der Waals surface area contributed by atoms with Crippen molar-refractivity contribution in [3.05, 3.63) is 12.2 Å². The van der Waals surface area contributed by atoms with E-state index in [9.17, 15) is 19.8 Å². The van der Waals surface area contributed by atoms with Crippen molar-refractivity contribution in [1.82, 2.24) is 5.32 Å². The predicted octanol–water partition coefficient (Wildman–Crippen LogP) is 22.8. The van der Waals surface area contributed by atoms with Crippen molar-refractivity contribution in [2.75, 3.05) is 13.2 Å². The number of rotatable bonds is 67.